The fourth-order valence-electron chi connectivity index (χ4n) is 3.31. The second-order valence-corrected chi connectivity index (χ2v) is 9.71. The standard InChI is InChI=1S/C26H28N4O5S/c1-4-35-24-16-9-8-15-23(24)30(36(3,33)34)18-25(31)29-28-19(2)21-13-10-14-22(17-21)27-26(32)20-11-6-5-7-12-20/h5-17H,4,18H2,1-3H3,(H,27,32)(H,29,31)/b28-19-. The third kappa shape index (κ3) is 7.16. The van der Waals surface area contributed by atoms with E-state index in [1.165, 1.54) is 0 Å². The molecule has 0 radical (unpaired) electrons. The van der Waals surface area contributed by atoms with Crippen LogP contribution in [0.5, 0.6) is 5.75 Å². The summed E-state index contributed by atoms with van der Waals surface area (Å²) in [5, 5.41) is 6.94. The molecule has 0 aliphatic rings. The van der Waals surface area contributed by atoms with Crippen molar-refractivity contribution in [2.24, 2.45) is 5.10 Å². The minimum absolute atomic E-state index is 0.246. The molecule has 0 aliphatic heterocycles. The molecule has 0 aliphatic carbocycles. The van der Waals surface area contributed by atoms with E-state index in [9.17, 15) is 18.0 Å². The number of nitrogens with one attached hydrogen (secondary N) is 2. The summed E-state index contributed by atoms with van der Waals surface area (Å²) in [6.45, 7) is 3.34. The molecule has 3 aromatic rings. The van der Waals surface area contributed by atoms with E-state index >= 15 is 0 Å². The Morgan fingerprint density at radius 1 is 0.944 bits per heavy atom. The highest BCUT2D eigenvalue weighted by Crippen LogP contribution is 2.29. The highest BCUT2D eigenvalue weighted by atomic mass is 32.2. The van der Waals surface area contributed by atoms with Crippen molar-refractivity contribution in [2.75, 3.05) is 29.0 Å². The SMILES string of the molecule is CCOc1ccccc1N(CC(=O)N/N=C(/C)c1cccc(NC(=O)c2ccccc2)c1)S(C)(=O)=O. The molecule has 0 heterocycles. The summed E-state index contributed by atoms with van der Waals surface area (Å²) in [4.78, 5) is 25.0. The maximum absolute atomic E-state index is 12.6. The van der Waals surface area contributed by atoms with Crippen molar-refractivity contribution in [1.29, 1.82) is 0 Å². The molecule has 188 valence electrons. The first kappa shape index (κ1) is 26.4. The van der Waals surface area contributed by atoms with Crippen molar-refractivity contribution in [3.05, 3.63) is 90.0 Å². The van der Waals surface area contributed by atoms with E-state index in [0.717, 1.165) is 10.6 Å². The Morgan fingerprint density at radius 2 is 1.61 bits per heavy atom. The lowest BCUT2D eigenvalue weighted by Gasteiger charge is -2.23. The van der Waals surface area contributed by atoms with Gasteiger partial charge < -0.3 is 10.1 Å². The number of hydrazone groups is 1. The summed E-state index contributed by atoms with van der Waals surface area (Å²) in [7, 11) is -3.78. The van der Waals surface area contributed by atoms with Crippen molar-refractivity contribution in [2.45, 2.75) is 13.8 Å². The van der Waals surface area contributed by atoms with Gasteiger partial charge in [-0.05, 0) is 55.8 Å². The van der Waals surface area contributed by atoms with Gasteiger partial charge in [-0.2, -0.15) is 5.10 Å². The van der Waals surface area contributed by atoms with Crippen LogP contribution < -0.4 is 19.8 Å². The lowest BCUT2D eigenvalue weighted by Crippen LogP contribution is -2.39. The molecule has 10 heteroatoms. The number of sulfonamides is 1. The van der Waals surface area contributed by atoms with Gasteiger partial charge in [-0.25, -0.2) is 13.8 Å². The van der Waals surface area contributed by atoms with E-state index in [1.807, 2.05) is 6.07 Å². The zero-order chi connectivity index (χ0) is 26.1. The van der Waals surface area contributed by atoms with E-state index in [4.69, 9.17) is 4.74 Å². The van der Waals surface area contributed by atoms with Gasteiger partial charge in [0.2, 0.25) is 10.0 Å². The molecular formula is C26H28N4O5S. The Morgan fingerprint density at radius 3 is 2.31 bits per heavy atom. The molecule has 0 spiro atoms. The predicted octanol–water partition coefficient (Wildman–Crippen LogP) is 3.64. The van der Waals surface area contributed by atoms with Crippen molar-refractivity contribution in [3.8, 4) is 5.75 Å². The first-order valence-electron chi connectivity index (χ1n) is 11.2. The zero-order valence-electron chi connectivity index (χ0n) is 20.3. The fourth-order valence-corrected chi connectivity index (χ4v) is 4.17. The third-order valence-corrected chi connectivity index (χ3v) is 6.17. The van der Waals surface area contributed by atoms with E-state index in [2.05, 4.69) is 15.8 Å². The van der Waals surface area contributed by atoms with Crippen LogP contribution in [0.1, 0.15) is 29.8 Å². The molecule has 0 bridgehead atoms. The molecule has 3 rings (SSSR count). The molecule has 36 heavy (non-hydrogen) atoms. The van der Waals surface area contributed by atoms with Crippen LogP contribution in [0.25, 0.3) is 0 Å². The van der Waals surface area contributed by atoms with Gasteiger partial charge in [0.05, 0.1) is 24.3 Å². The number of hydrogen-bond donors (Lipinski definition) is 2. The number of amides is 2. The summed E-state index contributed by atoms with van der Waals surface area (Å²) >= 11 is 0. The van der Waals surface area contributed by atoms with Crippen molar-refractivity contribution < 1.29 is 22.7 Å². The molecule has 3 aromatic carbocycles. The van der Waals surface area contributed by atoms with Gasteiger partial charge in [-0.3, -0.25) is 13.9 Å². The van der Waals surface area contributed by atoms with E-state index in [0.29, 0.717) is 34.9 Å². The van der Waals surface area contributed by atoms with Crippen LogP contribution in [-0.4, -0.2) is 45.4 Å². The molecule has 0 fully saturated rings. The number of benzene rings is 3. The molecule has 0 saturated heterocycles. The monoisotopic (exact) mass is 508 g/mol. The number of anilines is 2. The minimum Gasteiger partial charge on any atom is -0.492 e. The molecule has 0 atom stereocenters. The van der Waals surface area contributed by atoms with Gasteiger partial charge in [-0.1, -0.05) is 42.5 Å². The second kappa shape index (κ2) is 12.0. The van der Waals surface area contributed by atoms with Crippen LogP contribution >= 0.6 is 0 Å². The molecular weight excluding hydrogens is 480 g/mol. The third-order valence-electron chi connectivity index (χ3n) is 5.04. The van der Waals surface area contributed by atoms with E-state index in [-0.39, 0.29) is 11.6 Å². The Kier molecular flexibility index (Phi) is 8.80. The van der Waals surface area contributed by atoms with Gasteiger partial charge in [-0.15, -0.1) is 0 Å². The number of rotatable bonds is 10. The van der Waals surface area contributed by atoms with Gasteiger partial charge in [0.25, 0.3) is 11.8 Å². The van der Waals surface area contributed by atoms with Crippen LogP contribution in [0.4, 0.5) is 11.4 Å². The molecule has 2 amide bonds. The second-order valence-electron chi connectivity index (χ2n) is 7.80. The Bertz CT molecular complexity index is 1360. The summed E-state index contributed by atoms with van der Waals surface area (Å²) in [5.41, 5.74) is 4.91. The molecule has 2 N–H and O–H groups in total. The summed E-state index contributed by atoms with van der Waals surface area (Å²) in [6.07, 6.45) is 1.02. The fraction of sp³-hybridized carbons (Fsp3) is 0.192. The molecule has 9 nitrogen and oxygen atoms in total. The van der Waals surface area contributed by atoms with Gasteiger partial charge in [0.1, 0.15) is 12.3 Å². The lowest BCUT2D eigenvalue weighted by molar-refractivity contribution is -0.119. The first-order chi connectivity index (χ1) is 17.2. The molecule has 0 saturated carbocycles. The highest BCUT2D eigenvalue weighted by molar-refractivity contribution is 7.92. The van der Waals surface area contributed by atoms with E-state index in [1.54, 1.807) is 86.6 Å². The number of para-hydroxylation sites is 2. The van der Waals surface area contributed by atoms with E-state index < -0.39 is 22.5 Å². The Balaban J connectivity index is 1.71. The Labute approximate surface area is 210 Å². The topological polar surface area (TPSA) is 117 Å². The first-order valence-corrected chi connectivity index (χ1v) is 13.0. The minimum atomic E-state index is -3.78. The number of carbonyl (C=O) groups is 2. The zero-order valence-corrected chi connectivity index (χ0v) is 21.1. The van der Waals surface area contributed by atoms with Gasteiger partial charge in [0, 0.05) is 11.3 Å². The maximum atomic E-state index is 12.6. The lowest BCUT2D eigenvalue weighted by atomic mass is 10.1. The molecule has 0 unspecified atom stereocenters. The largest absolute Gasteiger partial charge is 0.492 e. The smallest absolute Gasteiger partial charge is 0.260 e. The number of carbonyl (C=O) groups excluding carboxylic acids is 2. The normalized spacial score (nSPS) is 11.5. The van der Waals surface area contributed by atoms with Gasteiger partial charge >= 0.3 is 0 Å². The van der Waals surface area contributed by atoms with Crippen LogP contribution in [0.3, 0.4) is 0 Å². The van der Waals surface area contributed by atoms with Crippen molar-refractivity contribution in [1.82, 2.24) is 5.43 Å². The predicted molar refractivity (Wildman–Crippen MR) is 141 cm³/mol. The molecule has 0 aromatic heterocycles. The quantitative estimate of drug-likeness (QED) is 0.320. The summed E-state index contributed by atoms with van der Waals surface area (Å²) in [5.74, 6) is -0.518. The summed E-state index contributed by atoms with van der Waals surface area (Å²) < 4.78 is 31.4. The number of ether oxygens (including phenoxy) is 1. The van der Waals surface area contributed by atoms with Gasteiger partial charge in [0.15, 0.2) is 0 Å². The highest BCUT2D eigenvalue weighted by Gasteiger charge is 2.23. The van der Waals surface area contributed by atoms with Crippen LogP contribution in [0.15, 0.2) is 84.0 Å². The Hall–Kier alpha value is -4.18. The number of hydrogen-bond acceptors (Lipinski definition) is 6. The maximum Gasteiger partial charge on any atom is 0.260 e. The summed E-state index contributed by atoms with van der Waals surface area (Å²) in [6, 6.07) is 22.4. The van der Waals surface area contributed by atoms with Crippen LogP contribution in [0, 0.1) is 0 Å². The average Bonchev–Trinajstić information content (AvgIpc) is 2.86. The number of nitrogens with zero attached hydrogens (tertiary/aromatic N) is 2. The van der Waals surface area contributed by atoms with Crippen LogP contribution in [0.2, 0.25) is 0 Å². The van der Waals surface area contributed by atoms with Crippen molar-refractivity contribution >= 4 is 38.9 Å². The van der Waals surface area contributed by atoms with Crippen molar-refractivity contribution in [3.63, 3.8) is 0 Å². The average molecular weight is 509 g/mol. The van der Waals surface area contributed by atoms with Crippen LogP contribution in [-0.2, 0) is 14.8 Å².